The van der Waals surface area contributed by atoms with Gasteiger partial charge >= 0.3 is 5.69 Å². The van der Waals surface area contributed by atoms with Crippen LogP contribution in [0.15, 0.2) is 39.3 Å². The summed E-state index contributed by atoms with van der Waals surface area (Å²) in [6.07, 6.45) is 0. The van der Waals surface area contributed by atoms with Gasteiger partial charge in [0.2, 0.25) is 5.75 Å². The van der Waals surface area contributed by atoms with Gasteiger partial charge in [-0.1, -0.05) is 22.0 Å². The van der Waals surface area contributed by atoms with E-state index in [1.165, 1.54) is 6.07 Å². The van der Waals surface area contributed by atoms with Crippen molar-refractivity contribution in [3.8, 4) is 11.5 Å². The summed E-state index contributed by atoms with van der Waals surface area (Å²) in [7, 11) is 0. The zero-order chi connectivity index (χ0) is 15.6. The Balaban J connectivity index is 2.51. The lowest BCUT2D eigenvalue weighted by molar-refractivity contribution is -0.385. The van der Waals surface area contributed by atoms with E-state index in [0.29, 0.717) is 10.0 Å². The van der Waals surface area contributed by atoms with Crippen molar-refractivity contribution < 1.29 is 19.2 Å². The van der Waals surface area contributed by atoms with Gasteiger partial charge in [0.15, 0.2) is 0 Å². The van der Waals surface area contributed by atoms with E-state index in [9.17, 15) is 19.6 Å². The summed E-state index contributed by atoms with van der Waals surface area (Å²) in [6, 6.07) is 6.77. The number of benzene rings is 2. The van der Waals surface area contributed by atoms with Crippen LogP contribution in [-0.2, 0) is 6.61 Å². The lowest BCUT2D eigenvalue weighted by Gasteiger charge is -2.11. The third-order valence-electron chi connectivity index (χ3n) is 2.62. The van der Waals surface area contributed by atoms with Gasteiger partial charge in [-0.15, -0.1) is 0 Å². The minimum Gasteiger partial charge on any atom is -0.450 e. The van der Waals surface area contributed by atoms with Crippen LogP contribution in [-0.4, -0.2) is 10.0 Å². The first-order valence-electron chi connectivity index (χ1n) is 5.63. The second-order valence-electron chi connectivity index (χ2n) is 4.00. The highest BCUT2D eigenvalue weighted by atomic mass is 79.9. The van der Waals surface area contributed by atoms with E-state index in [0.717, 1.165) is 12.1 Å². The third-order valence-corrected chi connectivity index (χ3v) is 3.72. The number of ether oxygens (including phenoxy) is 1. The summed E-state index contributed by atoms with van der Waals surface area (Å²) in [5.41, 5.74) is 0.0444. The Morgan fingerprint density at radius 2 is 1.95 bits per heavy atom. The summed E-state index contributed by atoms with van der Waals surface area (Å²) in [5.74, 6) is -0.721. The Morgan fingerprint density at radius 3 is 2.57 bits per heavy atom. The van der Waals surface area contributed by atoms with Gasteiger partial charge in [-0.2, -0.15) is 0 Å². The molecule has 0 aromatic heterocycles. The molecule has 21 heavy (non-hydrogen) atoms. The maximum Gasteiger partial charge on any atom is 0.312 e. The minimum atomic E-state index is -0.684. The molecule has 1 N–H and O–H groups in total. The largest absolute Gasteiger partial charge is 0.450 e. The number of nitro groups is 1. The molecule has 5 nitrogen and oxygen atoms in total. The number of nitrogens with zero attached hydrogens (tertiary/aromatic N) is 1. The SMILES string of the molecule is O=[N+]([O-])c1cc(Br)c(F)cc1Oc1cc(Br)ccc1CO. The lowest BCUT2D eigenvalue weighted by atomic mass is 10.2. The molecule has 8 heteroatoms. The van der Waals surface area contributed by atoms with E-state index in [2.05, 4.69) is 31.9 Å². The maximum absolute atomic E-state index is 13.6. The average Bonchev–Trinajstić information content (AvgIpc) is 2.42. The number of aliphatic hydroxyl groups is 1. The first kappa shape index (κ1) is 15.9. The van der Waals surface area contributed by atoms with Crippen molar-refractivity contribution in [2.24, 2.45) is 0 Å². The molecule has 0 fully saturated rings. The Labute approximate surface area is 135 Å². The van der Waals surface area contributed by atoms with Crippen LogP contribution in [0.4, 0.5) is 10.1 Å². The number of aliphatic hydroxyl groups excluding tert-OH is 1. The van der Waals surface area contributed by atoms with Crippen molar-refractivity contribution in [2.45, 2.75) is 6.61 Å². The molecule has 0 heterocycles. The normalized spacial score (nSPS) is 10.5. The van der Waals surface area contributed by atoms with Gasteiger partial charge in [-0.05, 0) is 28.1 Å². The van der Waals surface area contributed by atoms with Crippen LogP contribution in [0.3, 0.4) is 0 Å². The van der Waals surface area contributed by atoms with Crippen molar-refractivity contribution in [3.05, 3.63) is 60.8 Å². The van der Waals surface area contributed by atoms with Crippen LogP contribution in [0.5, 0.6) is 11.5 Å². The fourth-order valence-electron chi connectivity index (χ4n) is 1.61. The monoisotopic (exact) mass is 419 g/mol. The first-order chi connectivity index (χ1) is 9.92. The molecule has 2 aromatic rings. The van der Waals surface area contributed by atoms with Crippen molar-refractivity contribution >= 4 is 37.5 Å². The van der Waals surface area contributed by atoms with Crippen molar-refractivity contribution in [2.75, 3.05) is 0 Å². The summed E-state index contributed by atoms with van der Waals surface area (Å²) in [6.45, 7) is -0.310. The molecule has 0 atom stereocenters. The van der Waals surface area contributed by atoms with Gasteiger partial charge in [0, 0.05) is 22.2 Å². The molecule has 2 rings (SSSR count). The highest BCUT2D eigenvalue weighted by molar-refractivity contribution is 9.10. The zero-order valence-electron chi connectivity index (χ0n) is 10.3. The van der Waals surface area contributed by atoms with Gasteiger partial charge in [-0.25, -0.2) is 4.39 Å². The fourth-order valence-corrected chi connectivity index (χ4v) is 2.29. The number of hydrogen-bond donors (Lipinski definition) is 1. The van der Waals surface area contributed by atoms with E-state index in [1.54, 1.807) is 12.1 Å². The lowest BCUT2D eigenvalue weighted by Crippen LogP contribution is -1.97. The summed E-state index contributed by atoms with van der Waals surface area (Å²) in [4.78, 5) is 10.4. The van der Waals surface area contributed by atoms with Gasteiger partial charge in [0.1, 0.15) is 11.6 Å². The molecule has 0 unspecified atom stereocenters. The number of halogens is 3. The molecule has 0 spiro atoms. The van der Waals surface area contributed by atoms with Gasteiger partial charge in [0.25, 0.3) is 0 Å². The molecule has 0 saturated carbocycles. The van der Waals surface area contributed by atoms with Gasteiger partial charge in [-0.3, -0.25) is 10.1 Å². The summed E-state index contributed by atoms with van der Waals surface area (Å²) < 4.78 is 19.6. The molecule has 0 aliphatic carbocycles. The number of hydrogen-bond acceptors (Lipinski definition) is 4. The van der Waals surface area contributed by atoms with Crippen LogP contribution in [0.1, 0.15) is 5.56 Å². The molecular weight excluding hydrogens is 413 g/mol. The maximum atomic E-state index is 13.6. The smallest absolute Gasteiger partial charge is 0.312 e. The number of nitro benzene ring substituents is 1. The third kappa shape index (κ3) is 3.58. The Kier molecular flexibility index (Phi) is 4.92. The standard InChI is InChI=1S/C13H8Br2FNO4/c14-8-2-1-7(6-18)12(3-8)21-13-5-10(16)9(15)4-11(13)17(19)20/h1-5,18H,6H2. The molecule has 110 valence electrons. The van der Waals surface area contributed by atoms with Crippen LogP contribution >= 0.6 is 31.9 Å². The first-order valence-corrected chi connectivity index (χ1v) is 7.21. The highest BCUT2D eigenvalue weighted by Crippen LogP contribution is 2.37. The number of rotatable bonds is 4. The second kappa shape index (κ2) is 6.50. The molecule has 0 bridgehead atoms. The summed E-state index contributed by atoms with van der Waals surface area (Å²) >= 11 is 6.13. The van der Waals surface area contributed by atoms with E-state index in [-0.39, 0.29) is 28.3 Å². The van der Waals surface area contributed by atoms with Gasteiger partial charge in [0.05, 0.1) is 16.0 Å². The topological polar surface area (TPSA) is 72.6 Å². The second-order valence-corrected chi connectivity index (χ2v) is 5.77. The van der Waals surface area contributed by atoms with Crippen LogP contribution < -0.4 is 4.74 Å². The van der Waals surface area contributed by atoms with E-state index < -0.39 is 10.7 Å². The van der Waals surface area contributed by atoms with Crippen molar-refractivity contribution in [1.29, 1.82) is 0 Å². The van der Waals surface area contributed by atoms with Crippen LogP contribution in [0.25, 0.3) is 0 Å². The summed E-state index contributed by atoms with van der Waals surface area (Å²) in [5, 5.41) is 20.3. The van der Waals surface area contributed by atoms with Crippen molar-refractivity contribution in [1.82, 2.24) is 0 Å². The average molecular weight is 421 g/mol. The van der Waals surface area contributed by atoms with Gasteiger partial charge < -0.3 is 9.84 Å². The Morgan fingerprint density at radius 1 is 1.24 bits per heavy atom. The molecule has 0 aliphatic rings. The molecule has 0 amide bonds. The van der Waals surface area contributed by atoms with Crippen LogP contribution in [0, 0.1) is 15.9 Å². The van der Waals surface area contributed by atoms with E-state index in [4.69, 9.17) is 4.74 Å². The van der Waals surface area contributed by atoms with Crippen molar-refractivity contribution in [3.63, 3.8) is 0 Å². The predicted octanol–water partition coefficient (Wildman–Crippen LogP) is 4.54. The highest BCUT2D eigenvalue weighted by Gasteiger charge is 2.20. The minimum absolute atomic E-state index is 0.0295. The van der Waals surface area contributed by atoms with E-state index >= 15 is 0 Å². The Bertz CT molecular complexity index is 709. The molecule has 0 radical (unpaired) electrons. The molecule has 2 aromatic carbocycles. The van der Waals surface area contributed by atoms with Crippen LogP contribution in [0.2, 0.25) is 0 Å². The van der Waals surface area contributed by atoms with E-state index in [1.807, 2.05) is 0 Å². The molecule has 0 aliphatic heterocycles. The molecular formula is C13H8Br2FNO4. The Hall–Kier alpha value is -1.51. The molecule has 0 saturated heterocycles. The quantitative estimate of drug-likeness (QED) is 0.582. The zero-order valence-corrected chi connectivity index (χ0v) is 13.5. The fraction of sp³-hybridized carbons (Fsp3) is 0.0769. The predicted molar refractivity (Wildman–Crippen MR) is 80.9 cm³/mol.